The van der Waals surface area contributed by atoms with E-state index in [0.29, 0.717) is 13.0 Å². The second-order valence-corrected chi connectivity index (χ2v) is 10.6. The summed E-state index contributed by atoms with van der Waals surface area (Å²) in [6, 6.07) is 7.53. The van der Waals surface area contributed by atoms with Gasteiger partial charge in [0.2, 0.25) is 5.91 Å². The van der Waals surface area contributed by atoms with E-state index in [1.54, 1.807) is 0 Å². The Morgan fingerprint density at radius 2 is 2.07 bits per heavy atom. The van der Waals surface area contributed by atoms with Crippen molar-refractivity contribution in [1.82, 2.24) is 5.32 Å². The minimum atomic E-state index is -2.93. The molecular weight excluding hydrogens is 386 g/mol. The number of carbonyl (C=O) groups excluding carboxylic acids is 1. The third-order valence-corrected chi connectivity index (χ3v) is 8.08. The summed E-state index contributed by atoms with van der Waals surface area (Å²) in [5, 5.41) is 6.96. The zero-order valence-corrected chi connectivity index (χ0v) is 16.5. The first-order valence-corrected chi connectivity index (χ1v) is 11.9. The van der Waals surface area contributed by atoms with Crippen LogP contribution in [-0.2, 0) is 25.8 Å². The molecule has 0 bridgehead atoms. The maximum atomic E-state index is 12.0. The van der Waals surface area contributed by atoms with Gasteiger partial charge in [0.15, 0.2) is 15.0 Å². The molecule has 1 amide bonds. The van der Waals surface area contributed by atoms with Crippen LogP contribution < -0.4 is 10.6 Å². The van der Waals surface area contributed by atoms with Crippen LogP contribution in [0.4, 0.5) is 5.69 Å². The monoisotopic (exact) mass is 409 g/mol. The highest BCUT2D eigenvalue weighted by Crippen LogP contribution is 2.34. The van der Waals surface area contributed by atoms with Crippen LogP contribution in [0.2, 0.25) is 0 Å². The normalized spacial score (nSPS) is 28.6. The van der Waals surface area contributed by atoms with E-state index < -0.39 is 9.84 Å². The molecule has 0 saturated carbocycles. The van der Waals surface area contributed by atoms with Crippen LogP contribution in [0, 0.1) is 0 Å². The summed E-state index contributed by atoms with van der Waals surface area (Å²) in [6.07, 6.45) is 2.57. The molecule has 2 saturated heterocycles. The first-order chi connectivity index (χ1) is 13.0. The van der Waals surface area contributed by atoms with E-state index in [1.807, 2.05) is 24.3 Å². The molecule has 146 valence electrons. The standard InChI is InChI=1S/C18H23N3O4S2/c22-17(19-9-14-2-1-7-25-14)8-12-3-5-13(6-4-12)20-18-21-15-10-27(23,24)11-16(15)26-18/h3-6,14-16H,1-2,7-11H2,(H,19,22)(H,20,21)/t14-,15-,16+/m1/s1. The average Bonchev–Trinajstić information content (AvgIpc) is 3.30. The van der Waals surface area contributed by atoms with Crippen molar-refractivity contribution in [1.29, 1.82) is 0 Å². The summed E-state index contributed by atoms with van der Waals surface area (Å²) in [7, 11) is -2.93. The van der Waals surface area contributed by atoms with Crippen LogP contribution in [0.3, 0.4) is 0 Å². The number of hydrogen-bond acceptors (Lipinski definition) is 7. The molecule has 1 aromatic carbocycles. The highest BCUT2D eigenvalue weighted by molar-refractivity contribution is 8.15. The van der Waals surface area contributed by atoms with Crippen LogP contribution in [0.5, 0.6) is 0 Å². The van der Waals surface area contributed by atoms with Gasteiger partial charge in [-0.3, -0.25) is 9.79 Å². The zero-order valence-electron chi connectivity index (χ0n) is 14.9. The van der Waals surface area contributed by atoms with Crippen LogP contribution in [0.1, 0.15) is 18.4 Å². The van der Waals surface area contributed by atoms with Crippen LogP contribution in [-0.4, -0.2) is 61.5 Å². The van der Waals surface area contributed by atoms with Crippen molar-refractivity contribution in [2.24, 2.45) is 4.99 Å². The zero-order chi connectivity index (χ0) is 18.9. The van der Waals surface area contributed by atoms with Crippen molar-refractivity contribution < 1.29 is 17.9 Å². The molecule has 7 nitrogen and oxygen atoms in total. The minimum Gasteiger partial charge on any atom is -0.376 e. The number of anilines is 1. The lowest BCUT2D eigenvalue weighted by Gasteiger charge is -2.11. The molecule has 0 aromatic heterocycles. The predicted molar refractivity (Wildman–Crippen MR) is 107 cm³/mol. The smallest absolute Gasteiger partial charge is 0.224 e. The van der Waals surface area contributed by atoms with Gasteiger partial charge in [-0.25, -0.2) is 8.42 Å². The number of nitrogens with one attached hydrogen (secondary N) is 2. The van der Waals surface area contributed by atoms with E-state index in [2.05, 4.69) is 15.6 Å². The van der Waals surface area contributed by atoms with E-state index in [-0.39, 0.29) is 34.8 Å². The fourth-order valence-electron chi connectivity index (χ4n) is 3.53. The van der Waals surface area contributed by atoms with E-state index >= 15 is 0 Å². The summed E-state index contributed by atoms with van der Waals surface area (Å²) in [4.78, 5) is 16.5. The molecule has 3 aliphatic rings. The van der Waals surface area contributed by atoms with E-state index in [9.17, 15) is 13.2 Å². The molecule has 3 heterocycles. The van der Waals surface area contributed by atoms with Crippen molar-refractivity contribution in [3.63, 3.8) is 0 Å². The van der Waals surface area contributed by atoms with Crippen molar-refractivity contribution in [3.05, 3.63) is 29.8 Å². The molecule has 2 fully saturated rings. The number of benzene rings is 1. The predicted octanol–water partition coefficient (Wildman–Crippen LogP) is 1.20. The number of ether oxygens (including phenoxy) is 1. The average molecular weight is 410 g/mol. The van der Waals surface area contributed by atoms with Gasteiger partial charge in [-0.15, -0.1) is 0 Å². The Morgan fingerprint density at radius 3 is 2.78 bits per heavy atom. The number of rotatable bonds is 5. The van der Waals surface area contributed by atoms with Crippen molar-refractivity contribution in [2.75, 3.05) is 30.0 Å². The Balaban J connectivity index is 1.26. The van der Waals surface area contributed by atoms with Gasteiger partial charge in [0.1, 0.15) is 0 Å². The number of sulfone groups is 1. The van der Waals surface area contributed by atoms with Gasteiger partial charge >= 0.3 is 0 Å². The summed E-state index contributed by atoms with van der Waals surface area (Å²) in [5.74, 6) is 0.350. The molecule has 4 rings (SSSR count). The maximum absolute atomic E-state index is 12.0. The molecule has 27 heavy (non-hydrogen) atoms. The third-order valence-electron chi connectivity index (χ3n) is 4.94. The van der Waals surface area contributed by atoms with Crippen molar-refractivity contribution >= 4 is 38.4 Å². The summed E-state index contributed by atoms with van der Waals surface area (Å²) in [5.41, 5.74) is 1.82. The summed E-state index contributed by atoms with van der Waals surface area (Å²) in [6.45, 7) is 1.36. The van der Waals surface area contributed by atoms with Gasteiger partial charge in [0.25, 0.3) is 0 Å². The number of nitrogens with zero attached hydrogens (tertiary/aromatic N) is 1. The SMILES string of the molecule is O=C(Cc1ccc(NC2=N[C@@H]3CS(=O)(=O)C[C@@H]3S2)cc1)NC[C@H]1CCCO1. The highest BCUT2D eigenvalue weighted by atomic mass is 32.2. The van der Waals surface area contributed by atoms with Gasteiger partial charge < -0.3 is 15.4 Å². The van der Waals surface area contributed by atoms with E-state index in [1.165, 1.54) is 11.8 Å². The minimum absolute atomic E-state index is 0.00373. The van der Waals surface area contributed by atoms with Gasteiger partial charge in [-0.2, -0.15) is 0 Å². The molecule has 1 aromatic rings. The van der Waals surface area contributed by atoms with Crippen LogP contribution in [0.15, 0.2) is 29.3 Å². The van der Waals surface area contributed by atoms with Gasteiger partial charge in [-0.1, -0.05) is 23.9 Å². The molecule has 3 aliphatic heterocycles. The van der Waals surface area contributed by atoms with Gasteiger partial charge in [0.05, 0.1) is 30.1 Å². The first kappa shape index (κ1) is 18.8. The number of carbonyl (C=O) groups is 1. The lowest BCUT2D eigenvalue weighted by atomic mass is 10.1. The third kappa shape index (κ3) is 4.83. The Labute approximate surface area is 163 Å². The number of fused-ring (bicyclic) bond motifs is 1. The van der Waals surface area contributed by atoms with Gasteiger partial charge in [0, 0.05) is 24.1 Å². The molecule has 2 N–H and O–H groups in total. The van der Waals surface area contributed by atoms with E-state index in [0.717, 1.165) is 35.9 Å². The van der Waals surface area contributed by atoms with Crippen LogP contribution in [0.25, 0.3) is 0 Å². The molecule has 0 spiro atoms. The number of hydrogen-bond donors (Lipinski definition) is 2. The topological polar surface area (TPSA) is 96.9 Å². The van der Waals surface area contributed by atoms with Crippen molar-refractivity contribution in [3.8, 4) is 0 Å². The number of thioether (sulfide) groups is 1. The second-order valence-electron chi connectivity index (χ2n) is 7.17. The Hall–Kier alpha value is -1.58. The maximum Gasteiger partial charge on any atom is 0.224 e. The Morgan fingerprint density at radius 1 is 1.26 bits per heavy atom. The van der Waals surface area contributed by atoms with Gasteiger partial charge in [-0.05, 0) is 30.5 Å². The molecule has 0 unspecified atom stereocenters. The number of amides is 1. The summed E-state index contributed by atoms with van der Waals surface area (Å²) >= 11 is 1.50. The fraction of sp³-hybridized carbons (Fsp3) is 0.556. The van der Waals surface area contributed by atoms with E-state index in [4.69, 9.17) is 4.74 Å². The molecule has 3 atom stereocenters. The first-order valence-electron chi connectivity index (χ1n) is 9.16. The summed E-state index contributed by atoms with van der Waals surface area (Å²) < 4.78 is 28.7. The van der Waals surface area contributed by atoms with Crippen molar-refractivity contribution in [2.45, 2.75) is 36.7 Å². The number of aliphatic imine (C=N–C) groups is 1. The molecular formula is C18H23N3O4S2. The molecule has 0 radical (unpaired) electrons. The molecule has 0 aliphatic carbocycles. The largest absolute Gasteiger partial charge is 0.376 e. The number of amidine groups is 1. The van der Waals surface area contributed by atoms with Crippen LogP contribution >= 0.6 is 11.8 Å². The Kier molecular flexibility index (Phi) is 5.43. The quantitative estimate of drug-likeness (QED) is 0.759. The molecule has 9 heteroatoms. The lowest BCUT2D eigenvalue weighted by molar-refractivity contribution is -0.120. The lowest BCUT2D eigenvalue weighted by Crippen LogP contribution is -2.32. The highest BCUT2D eigenvalue weighted by Gasteiger charge is 2.42. The Bertz CT molecular complexity index is 833. The second kappa shape index (κ2) is 7.81. The fourth-order valence-corrected chi connectivity index (χ4v) is 7.20.